The third kappa shape index (κ3) is 3.20. The molecule has 2 aromatic rings. The summed E-state index contributed by atoms with van der Waals surface area (Å²) in [7, 11) is 1.72. The zero-order valence-electron chi connectivity index (χ0n) is 11.1. The molecule has 0 atom stereocenters. The molecule has 0 spiro atoms. The monoisotopic (exact) mass is 259 g/mol. The topological polar surface area (TPSA) is 72.4 Å². The predicted molar refractivity (Wildman–Crippen MR) is 71.4 cm³/mol. The second-order valence-electron chi connectivity index (χ2n) is 4.40. The Hall–Kier alpha value is -2.14. The second-order valence-corrected chi connectivity index (χ2v) is 4.40. The normalized spacial score (nSPS) is 10.5. The van der Waals surface area contributed by atoms with Gasteiger partial charge >= 0.3 is 0 Å². The lowest BCUT2D eigenvalue weighted by Crippen LogP contribution is -2.26. The highest BCUT2D eigenvalue weighted by atomic mass is 16.4. The number of pyridine rings is 1. The average Bonchev–Trinajstić information content (AvgIpc) is 2.86. The highest BCUT2D eigenvalue weighted by Gasteiger charge is 2.16. The summed E-state index contributed by atoms with van der Waals surface area (Å²) in [5, 5.41) is 0. The van der Waals surface area contributed by atoms with Crippen molar-refractivity contribution in [1.82, 2.24) is 9.88 Å². The summed E-state index contributed by atoms with van der Waals surface area (Å²) in [4.78, 5) is 18.1. The van der Waals surface area contributed by atoms with Gasteiger partial charge in [0.25, 0.3) is 5.91 Å². The maximum absolute atomic E-state index is 12.1. The fourth-order valence-corrected chi connectivity index (χ4v) is 1.79. The van der Waals surface area contributed by atoms with Crippen molar-refractivity contribution in [1.29, 1.82) is 0 Å². The molecule has 0 bridgehead atoms. The number of aromatic nitrogens is 1. The van der Waals surface area contributed by atoms with Crippen LogP contribution in [0, 0.1) is 6.92 Å². The van der Waals surface area contributed by atoms with Crippen LogP contribution in [-0.4, -0.2) is 22.8 Å². The van der Waals surface area contributed by atoms with Crippen LogP contribution < -0.4 is 5.73 Å². The van der Waals surface area contributed by atoms with Gasteiger partial charge in [0.15, 0.2) is 5.76 Å². The lowest BCUT2D eigenvalue weighted by atomic mass is 10.3. The summed E-state index contributed by atoms with van der Waals surface area (Å²) in [5.41, 5.74) is 7.23. The van der Waals surface area contributed by atoms with Crippen LogP contribution >= 0.6 is 0 Å². The first-order valence-electron chi connectivity index (χ1n) is 6.07. The Labute approximate surface area is 112 Å². The van der Waals surface area contributed by atoms with E-state index in [0.29, 0.717) is 18.1 Å². The fraction of sp³-hybridized carbons (Fsp3) is 0.286. The van der Waals surface area contributed by atoms with Gasteiger partial charge in [-0.2, -0.15) is 0 Å². The minimum Gasteiger partial charge on any atom is -0.455 e. The van der Waals surface area contributed by atoms with Crippen molar-refractivity contribution in [3.63, 3.8) is 0 Å². The highest BCUT2D eigenvalue weighted by molar-refractivity contribution is 5.91. The molecule has 0 aliphatic heterocycles. The van der Waals surface area contributed by atoms with Gasteiger partial charge in [-0.3, -0.25) is 9.78 Å². The number of rotatable bonds is 4. The van der Waals surface area contributed by atoms with Crippen molar-refractivity contribution in [3.05, 3.63) is 53.2 Å². The number of nitrogens with zero attached hydrogens (tertiary/aromatic N) is 2. The van der Waals surface area contributed by atoms with Gasteiger partial charge in [0, 0.05) is 12.7 Å². The van der Waals surface area contributed by atoms with Crippen LogP contribution in [0.3, 0.4) is 0 Å². The maximum atomic E-state index is 12.1. The first-order valence-corrected chi connectivity index (χ1v) is 6.07. The van der Waals surface area contributed by atoms with E-state index in [1.54, 1.807) is 24.1 Å². The molecule has 0 unspecified atom stereocenters. The number of aryl methyl sites for hydroxylation is 1. The molecule has 0 radical (unpaired) electrons. The summed E-state index contributed by atoms with van der Waals surface area (Å²) in [5.74, 6) is 0.726. The van der Waals surface area contributed by atoms with E-state index in [1.165, 1.54) is 0 Å². The van der Waals surface area contributed by atoms with E-state index in [1.807, 2.05) is 25.1 Å². The number of furan rings is 1. The summed E-state index contributed by atoms with van der Waals surface area (Å²) in [6.07, 6.45) is 0. The SMILES string of the molecule is Cc1cccc(CN(C)C(=O)c2ccc(CN)o2)n1. The smallest absolute Gasteiger partial charge is 0.289 e. The summed E-state index contributed by atoms with van der Waals surface area (Å²) in [6.45, 7) is 2.65. The van der Waals surface area contributed by atoms with Crippen molar-refractivity contribution in [2.45, 2.75) is 20.0 Å². The van der Waals surface area contributed by atoms with Crippen LogP contribution in [0.4, 0.5) is 0 Å². The Bertz CT molecular complexity index is 578. The van der Waals surface area contributed by atoms with Gasteiger partial charge < -0.3 is 15.1 Å². The van der Waals surface area contributed by atoms with E-state index in [2.05, 4.69) is 4.98 Å². The first kappa shape index (κ1) is 13.3. The lowest BCUT2D eigenvalue weighted by molar-refractivity contribution is 0.0750. The molecule has 2 rings (SSSR count). The molecule has 19 heavy (non-hydrogen) atoms. The van der Waals surface area contributed by atoms with E-state index < -0.39 is 0 Å². The molecule has 0 aliphatic carbocycles. The van der Waals surface area contributed by atoms with Crippen LogP contribution in [-0.2, 0) is 13.1 Å². The number of carbonyl (C=O) groups excluding carboxylic acids is 1. The zero-order chi connectivity index (χ0) is 13.8. The van der Waals surface area contributed by atoms with E-state index >= 15 is 0 Å². The van der Waals surface area contributed by atoms with Crippen molar-refractivity contribution in [3.8, 4) is 0 Å². The number of hydrogen-bond acceptors (Lipinski definition) is 4. The van der Waals surface area contributed by atoms with Gasteiger partial charge in [0.05, 0.1) is 18.8 Å². The second kappa shape index (κ2) is 5.67. The maximum Gasteiger partial charge on any atom is 0.289 e. The largest absolute Gasteiger partial charge is 0.455 e. The van der Waals surface area contributed by atoms with Crippen LogP contribution in [0.25, 0.3) is 0 Å². The third-order valence-corrected chi connectivity index (χ3v) is 2.77. The number of amides is 1. The van der Waals surface area contributed by atoms with Crippen molar-refractivity contribution in [2.75, 3.05) is 7.05 Å². The molecule has 100 valence electrons. The minimum absolute atomic E-state index is 0.178. The molecular formula is C14H17N3O2. The van der Waals surface area contributed by atoms with Crippen LogP contribution in [0.15, 0.2) is 34.7 Å². The molecule has 2 N–H and O–H groups in total. The fourth-order valence-electron chi connectivity index (χ4n) is 1.79. The third-order valence-electron chi connectivity index (χ3n) is 2.77. The van der Waals surface area contributed by atoms with Gasteiger partial charge in [0.1, 0.15) is 5.76 Å². The number of nitrogens with two attached hydrogens (primary N) is 1. The summed E-state index contributed by atoms with van der Waals surface area (Å²) >= 11 is 0. The molecule has 0 fully saturated rings. The molecule has 2 heterocycles. The van der Waals surface area contributed by atoms with Crippen molar-refractivity contribution >= 4 is 5.91 Å². The van der Waals surface area contributed by atoms with E-state index in [9.17, 15) is 4.79 Å². The Morgan fingerprint density at radius 3 is 2.79 bits per heavy atom. The number of hydrogen-bond donors (Lipinski definition) is 1. The molecule has 0 aliphatic rings. The van der Waals surface area contributed by atoms with E-state index in [0.717, 1.165) is 11.4 Å². The van der Waals surface area contributed by atoms with Crippen LogP contribution in [0.5, 0.6) is 0 Å². The molecule has 2 aromatic heterocycles. The molecule has 5 heteroatoms. The van der Waals surface area contributed by atoms with Gasteiger partial charge in [0.2, 0.25) is 0 Å². The van der Waals surface area contributed by atoms with E-state index in [-0.39, 0.29) is 12.5 Å². The molecular weight excluding hydrogens is 242 g/mol. The molecule has 5 nitrogen and oxygen atoms in total. The summed E-state index contributed by atoms with van der Waals surface area (Å²) in [6, 6.07) is 9.10. The van der Waals surface area contributed by atoms with E-state index in [4.69, 9.17) is 10.2 Å². The van der Waals surface area contributed by atoms with Gasteiger partial charge in [-0.15, -0.1) is 0 Å². The number of carbonyl (C=O) groups is 1. The van der Waals surface area contributed by atoms with Gasteiger partial charge in [-0.1, -0.05) is 6.07 Å². The Kier molecular flexibility index (Phi) is 3.97. The quantitative estimate of drug-likeness (QED) is 0.907. The predicted octanol–water partition coefficient (Wildman–Crippen LogP) is 1.71. The lowest BCUT2D eigenvalue weighted by Gasteiger charge is -2.15. The molecule has 1 amide bonds. The first-order chi connectivity index (χ1) is 9.10. The minimum atomic E-state index is -0.178. The van der Waals surface area contributed by atoms with Gasteiger partial charge in [-0.25, -0.2) is 0 Å². The summed E-state index contributed by atoms with van der Waals surface area (Å²) < 4.78 is 5.34. The Morgan fingerprint density at radius 1 is 1.37 bits per heavy atom. The Balaban J connectivity index is 2.07. The molecule has 0 saturated carbocycles. The standard InChI is InChI=1S/C14H17N3O2/c1-10-4-3-5-11(16-10)9-17(2)14(18)13-7-6-12(8-15)19-13/h3-7H,8-9,15H2,1-2H3. The van der Waals surface area contributed by atoms with Crippen LogP contribution in [0.2, 0.25) is 0 Å². The zero-order valence-corrected chi connectivity index (χ0v) is 11.1. The van der Waals surface area contributed by atoms with Crippen molar-refractivity contribution < 1.29 is 9.21 Å². The van der Waals surface area contributed by atoms with Crippen molar-refractivity contribution in [2.24, 2.45) is 5.73 Å². The van der Waals surface area contributed by atoms with Gasteiger partial charge in [-0.05, 0) is 31.2 Å². The average molecular weight is 259 g/mol. The molecule has 0 aromatic carbocycles. The Morgan fingerprint density at radius 2 is 2.16 bits per heavy atom. The highest BCUT2D eigenvalue weighted by Crippen LogP contribution is 2.11. The molecule has 0 saturated heterocycles. The van der Waals surface area contributed by atoms with Crippen LogP contribution in [0.1, 0.15) is 27.7 Å².